The van der Waals surface area contributed by atoms with Crippen molar-refractivity contribution >= 4 is 0 Å². The van der Waals surface area contributed by atoms with Gasteiger partial charge in [-0.25, -0.2) is 0 Å². The van der Waals surface area contributed by atoms with Gasteiger partial charge in [-0.3, -0.25) is 4.68 Å². The average Bonchev–Trinajstić information content (AvgIpc) is 2.84. The largest absolute Gasteiger partial charge is 0.311 e. The van der Waals surface area contributed by atoms with Crippen molar-refractivity contribution in [2.24, 2.45) is 0 Å². The van der Waals surface area contributed by atoms with E-state index in [1.165, 1.54) is 12.8 Å². The summed E-state index contributed by atoms with van der Waals surface area (Å²) in [4.78, 5) is 2.39. The van der Waals surface area contributed by atoms with Gasteiger partial charge in [-0.1, -0.05) is 25.5 Å². The zero-order valence-electron chi connectivity index (χ0n) is 12.9. The molecule has 0 aromatic carbocycles. The van der Waals surface area contributed by atoms with Gasteiger partial charge < -0.3 is 10.2 Å². The Balaban J connectivity index is 2.29. The summed E-state index contributed by atoms with van der Waals surface area (Å²) in [6.07, 6.45) is 5.68. The molecule has 1 rings (SSSR count). The van der Waals surface area contributed by atoms with Crippen LogP contribution in [0.15, 0.2) is 6.20 Å². The topological polar surface area (TPSA) is 46.0 Å². The van der Waals surface area contributed by atoms with Crippen LogP contribution >= 0.6 is 0 Å². The van der Waals surface area contributed by atoms with Gasteiger partial charge >= 0.3 is 0 Å². The maximum absolute atomic E-state index is 4.18. The molecule has 0 aliphatic heterocycles. The normalized spacial score (nSPS) is 13.1. The Labute approximate surface area is 117 Å². The minimum atomic E-state index is 0.638. The van der Waals surface area contributed by atoms with Crippen LogP contribution in [-0.4, -0.2) is 46.1 Å². The number of nitrogens with one attached hydrogen (secondary N) is 1. The van der Waals surface area contributed by atoms with Crippen molar-refractivity contribution in [3.8, 4) is 0 Å². The number of likely N-dealkylation sites (N-methyl/N-ethyl adjacent to an activating group) is 1. The number of aromatic nitrogens is 3. The van der Waals surface area contributed by atoms with E-state index < -0.39 is 0 Å². The zero-order chi connectivity index (χ0) is 14.1. The molecular formula is C14H29N5. The molecule has 19 heavy (non-hydrogen) atoms. The Morgan fingerprint density at radius 2 is 2.16 bits per heavy atom. The Morgan fingerprint density at radius 1 is 1.37 bits per heavy atom. The smallest absolute Gasteiger partial charge is 0.0964 e. The van der Waals surface area contributed by atoms with Crippen molar-refractivity contribution in [1.29, 1.82) is 0 Å². The van der Waals surface area contributed by atoms with Gasteiger partial charge in [0.1, 0.15) is 0 Å². The summed E-state index contributed by atoms with van der Waals surface area (Å²) in [5.41, 5.74) is 1.03. The molecule has 0 radical (unpaired) electrons. The predicted molar refractivity (Wildman–Crippen MR) is 79.0 cm³/mol. The zero-order valence-corrected chi connectivity index (χ0v) is 12.9. The van der Waals surface area contributed by atoms with Crippen LogP contribution in [0.25, 0.3) is 0 Å². The van der Waals surface area contributed by atoms with E-state index in [0.29, 0.717) is 6.04 Å². The molecule has 110 valence electrons. The highest BCUT2D eigenvalue weighted by Crippen LogP contribution is 2.04. The van der Waals surface area contributed by atoms with E-state index in [4.69, 9.17) is 0 Å². The molecule has 5 heteroatoms. The summed E-state index contributed by atoms with van der Waals surface area (Å²) in [5, 5.41) is 11.7. The maximum atomic E-state index is 4.18. The highest BCUT2D eigenvalue weighted by atomic mass is 15.4. The summed E-state index contributed by atoms with van der Waals surface area (Å²) in [6.45, 7) is 10.5. The van der Waals surface area contributed by atoms with Crippen molar-refractivity contribution in [3.63, 3.8) is 0 Å². The first kappa shape index (κ1) is 16.1. The predicted octanol–water partition coefficient (Wildman–Crippen LogP) is 1.90. The molecule has 1 heterocycles. The molecule has 1 aromatic rings. The van der Waals surface area contributed by atoms with Gasteiger partial charge in [-0.2, -0.15) is 0 Å². The molecule has 0 saturated heterocycles. The van der Waals surface area contributed by atoms with Crippen molar-refractivity contribution in [2.45, 2.75) is 59.2 Å². The van der Waals surface area contributed by atoms with Gasteiger partial charge in [-0.05, 0) is 33.4 Å². The molecule has 0 aliphatic rings. The van der Waals surface area contributed by atoms with Crippen LogP contribution in [0.3, 0.4) is 0 Å². The lowest BCUT2D eigenvalue weighted by atomic mass is 10.2. The summed E-state index contributed by atoms with van der Waals surface area (Å²) in [7, 11) is 2.18. The van der Waals surface area contributed by atoms with Crippen molar-refractivity contribution in [2.75, 3.05) is 20.1 Å². The van der Waals surface area contributed by atoms with Crippen molar-refractivity contribution < 1.29 is 0 Å². The van der Waals surface area contributed by atoms with E-state index in [0.717, 1.165) is 38.3 Å². The fourth-order valence-electron chi connectivity index (χ4n) is 2.04. The van der Waals surface area contributed by atoms with Crippen LogP contribution in [0.4, 0.5) is 0 Å². The van der Waals surface area contributed by atoms with E-state index in [2.05, 4.69) is 48.3 Å². The molecule has 1 aromatic heterocycles. The molecule has 1 unspecified atom stereocenters. The average molecular weight is 267 g/mol. The fourth-order valence-corrected chi connectivity index (χ4v) is 2.04. The second-order valence-corrected chi connectivity index (χ2v) is 5.27. The molecular weight excluding hydrogens is 238 g/mol. The standard InChI is InChI=1S/C14H29N5/c1-5-7-13(3)18(4)9-10-19-12-14(16-17-19)11-15-8-6-2/h12-13,15H,5-11H2,1-4H3. The molecule has 0 bridgehead atoms. The number of hydrogen-bond acceptors (Lipinski definition) is 4. The van der Waals surface area contributed by atoms with Crippen LogP contribution in [-0.2, 0) is 13.1 Å². The minimum Gasteiger partial charge on any atom is -0.311 e. The highest BCUT2D eigenvalue weighted by molar-refractivity contribution is 4.91. The van der Waals surface area contributed by atoms with E-state index in [1.54, 1.807) is 0 Å². The van der Waals surface area contributed by atoms with Crippen LogP contribution < -0.4 is 5.32 Å². The van der Waals surface area contributed by atoms with Crippen LogP contribution in [0.5, 0.6) is 0 Å². The molecule has 0 amide bonds. The van der Waals surface area contributed by atoms with E-state index in [-0.39, 0.29) is 0 Å². The third kappa shape index (κ3) is 6.16. The molecule has 0 spiro atoms. The first-order chi connectivity index (χ1) is 9.17. The first-order valence-corrected chi connectivity index (χ1v) is 7.47. The molecule has 5 nitrogen and oxygen atoms in total. The number of nitrogens with zero attached hydrogens (tertiary/aromatic N) is 4. The van der Waals surface area contributed by atoms with Gasteiger partial charge in [0.2, 0.25) is 0 Å². The van der Waals surface area contributed by atoms with Crippen LogP contribution in [0.2, 0.25) is 0 Å². The highest BCUT2D eigenvalue weighted by Gasteiger charge is 2.08. The van der Waals surface area contributed by atoms with Gasteiger partial charge in [-0.15, -0.1) is 5.10 Å². The van der Waals surface area contributed by atoms with E-state index in [1.807, 2.05) is 10.9 Å². The lowest BCUT2D eigenvalue weighted by Crippen LogP contribution is -2.32. The summed E-state index contributed by atoms with van der Waals surface area (Å²) >= 11 is 0. The Hall–Kier alpha value is -0.940. The number of rotatable bonds is 10. The second kappa shape index (κ2) is 9.04. The summed E-state index contributed by atoms with van der Waals surface area (Å²) < 4.78 is 1.94. The molecule has 1 N–H and O–H groups in total. The first-order valence-electron chi connectivity index (χ1n) is 7.47. The minimum absolute atomic E-state index is 0.638. The maximum Gasteiger partial charge on any atom is 0.0964 e. The van der Waals surface area contributed by atoms with Crippen LogP contribution in [0, 0.1) is 0 Å². The quantitative estimate of drug-likeness (QED) is 0.658. The van der Waals surface area contributed by atoms with Gasteiger partial charge in [0.15, 0.2) is 0 Å². The Morgan fingerprint density at radius 3 is 2.84 bits per heavy atom. The Kier molecular flexibility index (Phi) is 7.67. The van der Waals surface area contributed by atoms with Gasteiger partial charge in [0.05, 0.1) is 12.2 Å². The third-order valence-electron chi connectivity index (χ3n) is 3.46. The van der Waals surface area contributed by atoms with Gasteiger partial charge in [0, 0.05) is 25.3 Å². The third-order valence-corrected chi connectivity index (χ3v) is 3.46. The molecule has 0 aliphatic carbocycles. The number of hydrogen-bond donors (Lipinski definition) is 1. The van der Waals surface area contributed by atoms with E-state index >= 15 is 0 Å². The van der Waals surface area contributed by atoms with Gasteiger partial charge in [0.25, 0.3) is 0 Å². The molecule has 0 saturated carbocycles. The lowest BCUT2D eigenvalue weighted by molar-refractivity contribution is 0.232. The summed E-state index contributed by atoms with van der Waals surface area (Å²) in [5.74, 6) is 0. The monoisotopic (exact) mass is 267 g/mol. The molecule has 1 atom stereocenters. The lowest BCUT2D eigenvalue weighted by Gasteiger charge is -2.23. The van der Waals surface area contributed by atoms with E-state index in [9.17, 15) is 0 Å². The van der Waals surface area contributed by atoms with Crippen molar-refractivity contribution in [3.05, 3.63) is 11.9 Å². The SMILES string of the molecule is CCCNCc1cn(CCN(C)C(C)CCC)nn1. The molecule has 0 fully saturated rings. The van der Waals surface area contributed by atoms with Crippen molar-refractivity contribution in [1.82, 2.24) is 25.2 Å². The van der Waals surface area contributed by atoms with Crippen LogP contribution in [0.1, 0.15) is 45.7 Å². The second-order valence-electron chi connectivity index (χ2n) is 5.27. The fraction of sp³-hybridized carbons (Fsp3) is 0.857. The summed E-state index contributed by atoms with van der Waals surface area (Å²) in [6, 6.07) is 0.638. The Bertz CT molecular complexity index is 336.